The van der Waals surface area contributed by atoms with Gasteiger partial charge in [0.05, 0.1) is 24.5 Å². The highest BCUT2D eigenvalue weighted by atomic mass is 19.4. The number of nitrogens with zero attached hydrogens (tertiary/aromatic N) is 6. The van der Waals surface area contributed by atoms with Gasteiger partial charge < -0.3 is 19.4 Å². The van der Waals surface area contributed by atoms with Gasteiger partial charge in [-0.2, -0.15) is 18.2 Å². The third-order valence-corrected chi connectivity index (χ3v) is 6.06. The minimum atomic E-state index is -4.44. The maximum atomic E-state index is 13.5. The Kier molecular flexibility index (Phi) is 6.23. The first kappa shape index (κ1) is 22.4. The summed E-state index contributed by atoms with van der Waals surface area (Å²) in [6.45, 7) is 4.56. The molecule has 0 saturated carbocycles. The number of benzene rings is 1. The third kappa shape index (κ3) is 4.77. The number of anilines is 3. The maximum absolute atomic E-state index is 13.5. The van der Waals surface area contributed by atoms with Crippen LogP contribution in [-0.4, -0.2) is 67.4 Å². The average Bonchev–Trinajstić information content (AvgIpc) is 2.89. The molecule has 2 aliphatic heterocycles. The minimum absolute atomic E-state index is 0.0173. The highest BCUT2D eigenvalue weighted by Crippen LogP contribution is 2.35. The van der Waals surface area contributed by atoms with Gasteiger partial charge in [0.1, 0.15) is 11.6 Å². The summed E-state index contributed by atoms with van der Waals surface area (Å²) in [5, 5.41) is 0. The summed E-state index contributed by atoms with van der Waals surface area (Å²) in [6, 6.07) is 14.3. The monoisotopic (exact) mass is 470 g/mol. The number of hydrogen-bond acceptors (Lipinski definition) is 7. The normalized spacial score (nSPS) is 17.2. The number of pyridine rings is 1. The summed E-state index contributed by atoms with van der Waals surface area (Å²) in [7, 11) is 0. The maximum Gasteiger partial charge on any atom is 0.419 e. The zero-order valence-corrected chi connectivity index (χ0v) is 18.6. The largest absolute Gasteiger partial charge is 0.419 e. The highest BCUT2D eigenvalue weighted by molar-refractivity contribution is 5.65. The summed E-state index contributed by atoms with van der Waals surface area (Å²) in [6.07, 6.45) is -3.03. The van der Waals surface area contributed by atoms with Crippen LogP contribution in [0.5, 0.6) is 0 Å². The Balaban J connectivity index is 1.40. The molecular formula is C24H25F3N6O. The van der Waals surface area contributed by atoms with Crippen molar-refractivity contribution in [2.24, 2.45) is 0 Å². The number of alkyl halides is 3. The van der Waals surface area contributed by atoms with Crippen molar-refractivity contribution in [1.82, 2.24) is 15.0 Å². The number of piperazine rings is 1. The van der Waals surface area contributed by atoms with Gasteiger partial charge in [-0.15, -0.1) is 0 Å². The zero-order valence-electron chi connectivity index (χ0n) is 18.6. The van der Waals surface area contributed by atoms with Gasteiger partial charge in [-0.1, -0.05) is 30.3 Å². The molecule has 2 fully saturated rings. The highest BCUT2D eigenvalue weighted by Gasteiger charge is 2.36. The van der Waals surface area contributed by atoms with E-state index in [-0.39, 0.29) is 5.82 Å². The first-order valence-corrected chi connectivity index (χ1v) is 11.3. The second-order valence-electron chi connectivity index (χ2n) is 8.22. The molecule has 0 amide bonds. The van der Waals surface area contributed by atoms with Crippen LogP contribution in [0, 0.1) is 0 Å². The number of morpholine rings is 1. The van der Waals surface area contributed by atoms with Crippen LogP contribution in [0.2, 0.25) is 0 Å². The van der Waals surface area contributed by atoms with Gasteiger partial charge in [0, 0.05) is 57.1 Å². The van der Waals surface area contributed by atoms with Crippen LogP contribution in [0.4, 0.5) is 30.8 Å². The number of ether oxygens (including phenoxy) is 1. The van der Waals surface area contributed by atoms with E-state index in [9.17, 15) is 13.2 Å². The molecule has 5 rings (SSSR count). The Morgan fingerprint density at radius 2 is 1.47 bits per heavy atom. The average molecular weight is 470 g/mol. The van der Waals surface area contributed by atoms with E-state index < -0.39 is 11.7 Å². The van der Waals surface area contributed by atoms with E-state index in [1.807, 2.05) is 36.4 Å². The van der Waals surface area contributed by atoms with Gasteiger partial charge in [0.15, 0.2) is 0 Å². The molecule has 0 aliphatic carbocycles. The van der Waals surface area contributed by atoms with Crippen LogP contribution in [-0.2, 0) is 10.9 Å². The summed E-state index contributed by atoms with van der Waals surface area (Å²) in [5.74, 6) is 1.40. The van der Waals surface area contributed by atoms with Crippen molar-refractivity contribution in [1.29, 1.82) is 0 Å². The van der Waals surface area contributed by atoms with Gasteiger partial charge >= 0.3 is 6.18 Å². The van der Waals surface area contributed by atoms with Gasteiger partial charge in [-0.05, 0) is 12.1 Å². The Hall–Kier alpha value is -3.40. The molecule has 2 saturated heterocycles. The molecule has 1 aromatic carbocycles. The molecule has 2 aromatic heterocycles. The van der Waals surface area contributed by atoms with E-state index in [0.717, 1.165) is 23.1 Å². The van der Waals surface area contributed by atoms with E-state index in [0.29, 0.717) is 58.4 Å². The van der Waals surface area contributed by atoms with E-state index >= 15 is 0 Å². The smallest absolute Gasteiger partial charge is 0.378 e. The molecule has 0 unspecified atom stereocenters. The Bertz CT molecular complexity index is 1110. The Labute approximate surface area is 195 Å². The molecule has 0 spiro atoms. The SMILES string of the molecule is FC(F)(F)c1cccnc1N1CCN(c2cc(-c3ccccc3)nc(N3CCOCC3)n2)CC1. The van der Waals surface area contributed by atoms with Crippen LogP contribution in [0.1, 0.15) is 5.56 Å². The zero-order chi connectivity index (χ0) is 23.5. The first-order valence-electron chi connectivity index (χ1n) is 11.3. The number of aromatic nitrogens is 3. The second-order valence-corrected chi connectivity index (χ2v) is 8.22. The molecule has 4 heterocycles. The lowest BCUT2D eigenvalue weighted by molar-refractivity contribution is -0.137. The van der Waals surface area contributed by atoms with Crippen molar-refractivity contribution < 1.29 is 17.9 Å². The summed E-state index contributed by atoms with van der Waals surface area (Å²) in [5.41, 5.74) is 1.10. The van der Waals surface area contributed by atoms with E-state index in [2.05, 4.69) is 14.8 Å². The van der Waals surface area contributed by atoms with Gasteiger partial charge in [-0.3, -0.25) is 0 Å². The molecule has 7 nitrogen and oxygen atoms in total. The van der Waals surface area contributed by atoms with E-state index in [1.54, 1.807) is 4.90 Å². The first-order chi connectivity index (χ1) is 16.5. The molecule has 178 valence electrons. The van der Waals surface area contributed by atoms with Crippen LogP contribution in [0.25, 0.3) is 11.3 Å². The lowest BCUT2D eigenvalue weighted by Gasteiger charge is -2.37. The second kappa shape index (κ2) is 9.46. The molecule has 2 aliphatic rings. The van der Waals surface area contributed by atoms with Gasteiger partial charge in [0.2, 0.25) is 5.95 Å². The van der Waals surface area contributed by atoms with Crippen molar-refractivity contribution in [3.05, 3.63) is 60.3 Å². The molecule has 10 heteroatoms. The fourth-order valence-corrected chi connectivity index (χ4v) is 4.26. The van der Waals surface area contributed by atoms with E-state index in [1.165, 1.54) is 12.3 Å². The van der Waals surface area contributed by atoms with Crippen molar-refractivity contribution >= 4 is 17.6 Å². The van der Waals surface area contributed by atoms with Crippen molar-refractivity contribution in [3.8, 4) is 11.3 Å². The predicted octanol–water partition coefficient (Wildman–Crippen LogP) is 3.72. The standard InChI is InChI=1S/C24H25F3N6O/c25-24(26,27)19-7-4-8-28-22(19)32-11-9-31(10-12-32)21-17-20(18-5-2-1-3-6-18)29-23(30-21)33-13-15-34-16-14-33/h1-8,17H,9-16H2. The van der Waals surface area contributed by atoms with E-state index in [4.69, 9.17) is 14.7 Å². The predicted molar refractivity (Wildman–Crippen MR) is 124 cm³/mol. The van der Waals surface area contributed by atoms with Crippen LogP contribution < -0.4 is 14.7 Å². The van der Waals surface area contributed by atoms with Crippen LogP contribution in [0.3, 0.4) is 0 Å². The number of halogens is 3. The van der Waals surface area contributed by atoms with Gasteiger partial charge in [0.25, 0.3) is 0 Å². The third-order valence-electron chi connectivity index (χ3n) is 6.06. The lowest BCUT2D eigenvalue weighted by Crippen LogP contribution is -2.48. The van der Waals surface area contributed by atoms with Crippen LogP contribution >= 0.6 is 0 Å². The van der Waals surface area contributed by atoms with Crippen molar-refractivity contribution in [3.63, 3.8) is 0 Å². The Morgan fingerprint density at radius 3 is 2.18 bits per heavy atom. The quantitative estimate of drug-likeness (QED) is 0.576. The lowest BCUT2D eigenvalue weighted by atomic mass is 10.1. The number of rotatable bonds is 4. The Morgan fingerprint density at radius 1 is 0.765 bits per heavy atom. The molecule has 0 atom stereocenters. The number of hydrogen-bond donors (Lipinski definition) is 0. The topological polar surface area (TPSA) is 57.6 Å². The molecule has 0 bridgehead atoms. The molecule has 34 heavy (non-hydrogen) atoms. The molecule has 0 N–H and O–H groups in total. The molecule has 0 radical (unpaired) electrons. The summed E-state index contributed by atoms with van der Waals surface area (Å²) < 4.78 is 45.9. The minimum Gasteiger partial charge on any atom is -0.378 e. The summed E-state index contributed by atoms with van der Waals surface area (Å²) in [4.78, 5) is 19.6. The molecule has 3 aromatic rings. The molecular weight excluding hydrogens is 445 g/mol. The van der Waals surface area contributed by atoms with Gasteiger partial charge in [-0.25, -0.2) is 9.97 Å². The summed E-state index contributed by atoms with van der Waals surface area (Å²) >= 11 is 0. The fraction of sp³-hybridized carbons (Fsp3) is 0.375. The van der Waals surface area contributed by atoms with Crippen LogP contribution in [0.15, 0.2) is 54.7 Å². The van der Waals surface area contributed by atoms with Crippen molar-refractivity contribution in [2.45, 2.75) is 6.18 Å². The van der Waals surface area contributed by atoms with Crippen molar-refractivity contribution in [2.75, 3.05) is 67.2 Å². The fourth-order valence-electron chi connectivity index (χ4n) is 4.26.